The Kier molecular flexibility index (Phi) is 3.55. The first kappa shape index (κ1) is 12.8. The molecule has 0 unspecified atom stereocenters. The van der Waals surface area contributed by atoms with Crippen molar-refractivity contribution in [1.29, 1.82) is 0 Å². The van der Waals surface area contributed by atoms with Gasteiger partial charge in [0.05, 0.1) is 5.69 Å². The van der Waals surface area contributed by atoms with Gasteiger partial charge in [0.15, 0.2) is 5.75 Å². The first-order valence-corrected chi connectivity index (χ1v) is 6.19. The number of para-hydroxylation sites is 3. The smallest absolute Gasteiger partial charge is 0.297 e. The van der Waals surface area contributed by atoms with Crippen LogP contribution in [-0.2, 0) is 0 Å². The minimum absolute atomic E-state index is 0.0375. The van der Waals surface area contributed by atoms with Gasteiger partial charge in [-0.3, -0.25) is 4.79 Å². The Morgan fingerprint density at radius 3 is 2.57 bits per heavy atom. The van der Waals surface area contributed by atoms with Crippen molar-refractivity contribution in [1.82, 2.24) is 20.6 Å². The second-order valence-electron chi connectivity index (χ2n) is 4.10. The summed E-state index contributed by atoms with van der Waals surface area (Å²) in [5, 5.41) is 15.5. The Balaban J connectivity index is 1.81. The lowest BCUT2D eigenvalue weighted by Gasteiger charge is -2.11. The summed E-state index contributed by atoms with van der Waals surface area (Å²) in [6.45, 7) is 0. The molecular weight excluding hydrogens is 270 g/mol. The average molecular weight is 281 g/mol. The van der Waals surface area contributed by atoms with E-state index < -0.39 is 5.91 Å². The Morgan fingerprint density at radius 2 is 1.81 bits per heavy atom. The SMILES string of the molecule is O=C(Nc1ccccc1Oc1ccccc1)c1nn[nH]n1. The summed E-state index contributed by atoms with van der Waals surface area (Å²) in [6.07, 6.45) is 0. The van der Waals surface area contributed by atoms with Gasteiger partial charge in [-0.25, -0.2) is 0 Å². The van der Waals surface area contributed by atoms with E-state index in [9.17, 15) is 4.79 Å². The number of nitrogens with one attached hydrogen (secondary N) is 2. The molecule has 2 N–H and O–H groups in total. The zero-order valence-corrected chi connectivity index (χ0v) is 10.9. The fourth-order valence-corrected chi connectivity index (χ4v) is 1.71. The van der Waals surface area contributed by atoms with Crippen molar-refractivity contribution in [2.45, 2.75) is 0 Å². The highest BCUT2D eigenvalue weighted by Gasteiger charge is 2.13. The molecule has 0 radical (unpaired) electrons. The summed E-state index contributed by atoms with van der Waals surface area (Å²) in [7, 11) is 0. The number of carbonyl (C=O) groups is 1. The van der Waals surface area contributed by atoms with Gasteiger partial charge in [-0.1, -0.05) is 30.3 Å². The summed E-state index contributed by atoms with van der Waals surface area (Å²) >= 11 is 0. The van der Waals surface area contributed by atoms with Crippen LogP contribution in [0, 0.1) is 0 Å². The molecule has 104 valence electrons. The molecule has 0 saturated carbocycles. The van der Waals surface area contributed by atoms with E-state index in [0.717, 1.165) is 0 Å². The Bertz CT molecular complexity index is 728. The highest BCUT2D eigenvalue weighted by Crippen LogP contribution is 2.29. The van der Waals surface area contributed by atoms with Crippen LogP contribution in [0.2, 0.25) is 0 Å². The van der Waals surface area contributed by atoms with Crippen LogP contribution in [0.15, 0.2) is 54.6 Å². The normalized spacial score (nSPS) is 10.1. The lowest BCUT2D eigenvalue weighted by Crippen LogP contribution is -2.14. The van der Waals surface area contributed by atoms with Gasteiger partial charge >= 0.3 is 0 Å². The molecule has 0 spiro atoms. The van der Waals surface area contributed by atoms with Crippen LogP contribution < -0.4 is 10.1 Å². The number of H-pyrrole nitrogens is 1. The van der Waals surface area contributed by atoms with Crippen molar-refractivity contribution < 1.29 is 9.53 Å². The van der Waals surface area contributed by atoms with Gasteiger partial charge in [0.2, 0.25) is 0 Å². The fraction of sp³-hybridized carbons (Fsp3) is 0. The molecule has 0 saturated heterocycles. The number of amides is 1. The van der Waals surface area contributed by atoms with Gasteiger partial charge in [0.1, 0.15) is 5.75 Å². The number of tetrazole rings is 1. The Hall–Kier alpha value is -3.22. The van der Waals surface area contributed by atoms with Crippen molar-refractivity contribution in [3.63, 3.8) is 0 Å². The monoisotopic (exact) mass is 281 g/mol. The van der Waals surface area contributed by atoms with Gasteiger partial charge in [0, 0.05) is 0 Å². The fourth-order valence-electron chi connectivity index (χ4n) is 1.71. The third-order valence-electron chi connectivity index (χ3n) is 2.65. The van der Waals surface area contributed by atoms with E-state index in [0.29, 0.717) is 17.2 Å². The van der Waals surface area contributed by atoms with Crippen LogP contribution in [0.4, 0.5) is 5.69 Å². The van der Waals surface area contributed by atoms with E-state index in [-0.39, 0.29) is 5.82 Å². The summed E-state index contributed by atoms with van der Waals surface area (Å²) < 4.78 is 5.75. The zero-order chi connectivity index (χ0) is 14.5. The topological polar surface area (TPSA) is 92.8 Å². The predicted octanol–water partition coefficient (Wildman–Crippen LogP) is 2.24. The predicted molar refractivity (Wildman–Crippen MR) is 75.1 cm³/mol. The molecule has 0 aliphatic carbocycles. The van der Waals surface area contributed by atoms with Crippen LogP contribution in [0.25, 0.3) is 0 Å². The standard InChI is InChI=1S/C14H11N5O2/c20-14(13-16-18-19-17-13)15-11-8-4-5-9-12(11)21-10-6-2-1-3-7-10/h1-9H,(H,15,20)(H,16,17,18,19). The van der Waals surface area contributed by atoms with E-state index in [1.54, 1.807) is 18.2 Å². The van der Waals surface area contributed by atoms with Gasteiger partial charge in [-0.2, -0.15) is 5.21 Å². The Labute approximate surface area is 120 Å². The number of benzene rings is 2. The highest BCUT2D eigenvalue weighted by atomic mass is 16.5. The van der Waals surface area contributed by atoms with Crippen LogP contribution in [0.5, 0.6) is 11.5 Å². The van der Waals surface area contributed by atoms with Crippen LogP contribution in [-0.4, -0.2) is 26.5 Å². The Morgan fingerprint density at radius 1 is 1.05 bits per heavy atom. The lowest BCUT2D eigenvalue weighted by atomic mass is 10.3. The first-order valence-electron chi connectivity index (χ1n) is 6.19. The molecule has 0 fully saturated rings. The summed E-state index contributed by atoms with van der Waals surface area (Å²) in [5.74, 6) is 0.705. The van der Waals surface area contributed by atoms with Crippen LogP contribution in [0.3, 0.4) is 0 Å². The van der Waals surface area contributed by atoms with E-state index in [1.807, 2.05) is 36.4 Å². The van der Waals surface area contributed by atoms with Crippen molar-refractivity contribution in [3.8, 4) is 11.5 Å². The number of hydrogen-bond acceptors (Lipinski definition) is 5. The molecule has 0 bridgehead atoms. The molecule has 0 atom stereocenters. The molecule has 7 nitrogen and oxygen atoms in total. The molecular formula is C14H11N5O2. The number of aromatic nitrogens is 4. The van der Waals surface area contributed by atoms with Gasteiger partial charge in [-0.15, -0.1) is 10.2 Å². The molecule has 21 heavy (non-hydrogen) atoms. The van der Waals surface area contributed by atoms with E-state index >= 15 is 0 Å². The van der Waals surface area contributed by atoms with Crippen molar-refractivity contribution in [2.24, 2.45) is 0 Å². The summed E-state index contributed by atoms with van der Waals surface area (Å²) in [4.78, 5) is 11.9. The molecule has 1 aromatic heterocycles. The molecule has 3 aromatic rings. The van der Waals surface area contributed by atoms with Gasteiger partial charge in [-0.05, 0) is 29.5 Å². The van der Waals surface area contributed by atoms with Crippen molar-refractivity contribution in [2.75, 3.05) is 5.32 Å². The number of rotatable bonds is 4. The minimum atomic E-state index is -0.465. The second-order valence-corrected chi connectivity index (χ2v) is 4.10. The van der Waals surface area contributed by atoms with Gasteiger partial charge in [0.25, 0.3) is 11.7 Å². The number of hydrogen-bond donors (Lipinski definition) is 2. The van der Waals surface area contributed by atoms with Gasteiger partial charge < -0.3 is 10.1 Å². The van der Waals surface area contributed by atoms with Crippen LogP contribution in [0.1, 0.15) is 10.6 Å². The number of ether oxygens (including phenoxy) is 1. The third-order valence-corrected chi connectivity index (χ3v) is 2.65. The van der Waals surface area contributed by atoms with E-state index in [1.165, 1.54) is 0 Å². The summed E-state index contributed by atoms with van der Waals surface area (Å²) in [6, 6.07) is 16.4. The average Bonchev–Trinajstić information content (AvgIpc) is 3.05. The maximum Gasteiger partial charge on any atom is 0.297 e. The lowest BCUT2D eigenvalue weighted by molar-refractivity contribution is 0.101. The largest absolute Gasteiger partial charge is 0.455 e. The highest BCUT2D eigenvalue weighted by molar-refractivity contribution is 6.02. The minimum Gasteiger partial charge on any atom is -0.455 e. The maximum atomic E-state index is 11.9. The van der Waals surface area contributed by atoms with E-state index in [2.05, 4.69) is 25.9 Å². The molecule has 3 rings (SSSR count). The van der Waals surface area contributed by atoms with Crippen molar-refractivity contribution >= 4 is 11.6 Å². The number of aromatic amines is 1. The van der Waals surface area contributed by atoms with E-state index in [4.69, 9.17) is 4.74 Å². The third kappa shape index (κ3) is 3.03. The molecule has 1 amide bonds. The second kappa shape index (κ2) is 5.83. The number of anilines is 1. The molecule has 0 aliphatic heterocycles. The molecule has 2 aromatic carbocycles. The number of carbonyl (C=O) groups excluding carboxylic acids is 1. The molecule has 7 heteroatoms. The quantitative estimate of drug-likeness (QED) is 0.765. The first-order chi connectivity index (χ1) is 10.3. The van der Waals surface area contributed by atoms with Crippen LogP contribution >= 0.6 is 0 Å². The summed E-state index contributed by atoms with van der Waals surface area (Å²) in [5.41, 5.74) is 0.524. The van der Waals surface area contributed by atoms with Crippen molar-refractivity contribution in [3.05, 3.63) is 60.4 Å². The molecule has 1 heterocycles. The zero-order valence-electron chi connectivity index (χ0n) is 10.9. The molecule has 0 aliphatic rings. The maximum absolute atomic E-state index is 11.9. The number of nitrogens with zero attached hydrogens (tertiary/aromatic N) is 3.